The first-order valence-corrected chi connectivity index (χ1v) is 7.84. The highest BCUT2D eigenvalue weighted by molar-refractivity contribution is 6.15. The second kappa shape index (κ2) is 6.94. The molecule has 0 saturated heterocycles. The van der Waals surface area contributed by atoms with Gasteiger partial charge in [0.15, 0.2) is 5.96 Å². The predicted molar refractivity (Wildman–Crippen MR) is 105 cm³/mol. The highest BCUT2D eigenvalue weighted by atomic mass is 16.1. The Balaban J connectivity index is 1.95. The Kier molecular flexibility index (Phi) is 4.53. The zero-order chi connectivity index (χ0) is 18.7. The van der Waals surface area contributed by atoms with Crippen LogP contribution in [-0.2, 0) is 0 Å². The molecule has 0 heterocycles. The Morgan fingerprint density at radius 3 is 2.19 bits per heavy atom. The fraction of sp³-hybridized carbons (Fsp3) is 0. The van der Waals surface area contributed by atoms with E-state index >= 15 is 0 Å². The zero-order valence-corrected chi connectivity index (χ0v) is 13.8. The molecule has 0 aliphatic heterocycles. The van der Waals surface area contributed by atoms with Gasteiger partial charge < -0.3 is 22.1 Å². The van der Waals surface area contributed by atoms with E-state index in [1.165, 1.54) is 0 Å². The Hall–Kier alpha value is -3.87. The summed E-state index contributed by atoms with van der Waals surface area (Å²) in [6.45, 7) is 0. The minimum absolute atomic E-state index is 0.118. The van der Waals surface area contributed by atoms with Gasteiger partial charge in [-0.15, -0.1) is 0 Å². The summed E-state index contributed by atoms with van der Waals surface area (Å²) in [6.07, 6.45) is 0. The van der Waals surface area contributed by atoms with Crippen molar-refractivity contribution in [3.63, 3.8) is 0 Å². The quantitative estimate of drug-likeness (QED) is 0.319. The molecule has 0 fully saturated rings. The average Bonchev–Trinajstić information content (AvgIpc) is 2.61. The summed E-state index contributed by atoms with van der Waals surface area (Å²) in [7, 11) is 0. The Labute approximate surface area is 150 Å². The molecule has 0 aliphatic carbocycles. The molecular formula is C19H18N6O. The van der Waals surface area contributed by atoms with Crippen LogP contribution < -0.4 is 22.1 Å². The molecule has 3 rings (SSSR count). The lowest BCUT2D eigenvalue weighted by Crippen LogP contribution is -2.20. The van der Waals surface area contributed by atoms with Crippen molar-refractivity contribution in [2.75, 3.05) is 10.6 Å². The maximum Gasteiger partial charge on any atom is 0.255 e. The molecule has 0 spiro atoms. The molecule has 0 bridgehead atoms. The van der Waals surface area contributed by atoms with Gasteiger partial charge in [-0.2, -0.15) is 0 Å². The maximum absolute atomic E-state index is 12.7. The van der Waals surface area contributed by atoms with Crippen molar-refractivity contribution >= 4 is 39.8 Å². The number of fused-ring (bicyclic) bond motifs is 1. The molecule has 3 aromatic carbocycles. The van der Waals surface area contributed by atoms with Crippen molar-refractivity contribution in [1.82, 2.24) is 0 Å². The van der Waals surface area contributed by atoms with Gasteiger partial charge in [-0.05, 0) is 35.7 Å². The molecule has 7 heteroatoms. The average molecular weight is 346 g/mol. The lowest BCUT2D eigenvalue weighted by atomic mass is 10.0. The molecule has 130 valence electrons. The van der Waals surface area contributed by atoms with E-state index in [1.54, 1.807) is 30.3 Å². The number of carbonyl (C=O) groups is 1. The van der Waals surface area contributed by atoms with Crippen molar-refractivity contribution in [3.8, 4) is 0 Å². The van der Waals surface area contributed by atoms with Crippen LogP contribution >= 0.6 is 0 Å². The van der Waals surface area contributed by atoms with Crippen LogP contribution in [0.3, 0.4) is 0 Å². The largest absolute Gasteiger partial charge is 0.384 e. The van der Waals surface area contributed by atoms with E-state index in [0.717, 1.165) is 10.8 Å². The van der Waals surface area contributed by atoms with E-state index in [0.29, 0.717) is 22.5 Å². The van der Waals surface area contributed by atoms with Crippen molar-refractivity contribution < 1.29 is 4.79 Å². The van der Waals surface area contributed by atoms with Crippen LogP contribution in [0.1, 0.15) is 15.9 Å². The van der Waals surface area contributed by atoms with Crippen LogP contribution in [0.5, 0.6) is 0 Å². The van der Waals surface area contributed by atoms with Gasteiger partial charge in [0.2, 0.25) is 0 Å². The van der Waals surface area contributed by atoms with Crippen LogP contribution in [0.2, 0.25) is 0 Å². The monoisotopic (exact) mass is 346 g/mol. The summed E-state index contributed by atoms with van der Waals surface area (Å²) in [5.74, 6) is -0.616. The number of hydrogen-bond acceptors (Lipinski definition) is 3. The number of anilines is 2. The van der Waals surface area contributed by atoms with E-state index in [1.807, 2.05) is 30.3 Å². The SMILES string of the molecule is N=C(N)Nc1ccc(C(=O)Nc2c(C(=N)N)ccc3ccccc23)cc1. The van der Waals surface area contributed by atoms with Gasteiger partial charge in [0.25, 0.3) is 5.91 Å². The van der Waals surface area contributed by atoms with Crippen LogP contribution in [-0.4, -0.2) is 17.7 Å². The fourth-order valence-corrected chi connectivity index (χ4v) is 2.68. The molecule has 0 radical (unpaired) electrons. The minimum Gasteiger partial charge on any atom is -0.384 e. The van der Waals surface area contributed by atoms with E-state index in [4.69, 9.17) is 22.3 Å². The molecule has 0 atom stereocenters. The molecule has 8 N–H and O–H groups in total. The number of nitrogen functional groups attached to an aromatic ring is 1. The van der Waals surface area contributed by atoms with Gasteiger partial charge in [0, 0.05) is 22.2 Å². The molecule has 0 unspecified atom stereocenters. The number of amides is 1. The summed E-state index contributed by atoms with van der Waals surface area (Å²) >= 11 is 0. The third-order valence-electron chi connectivity index (χ3n) is 3.88. The fourth-order valence-electron chi connectivity index (χ4n) is 2.68. The molecule has 3 aromatic rings. The molecule has 0 aliphatic rings. The van der Waals surface area contributed by atoms with Crippen LogP contribution in [0.25, 0.3) is 10.8 Å². The smallest absolute Gasteiger partial charge is 0.255 e. The normalized spacial score (nSPS) is 10.3. The van der Waals surface area contributed by atoms with Gasteiger partial charge in [0.1, 0.15) is 5.84 Å². The number of rotatable bonds is 4. The first kappa shape index (κ1) is 17.0. The summed E-state index contributed by atoms with van der Waals surface area (Å²) in [4.78, 5) is 12.7. The molecule has 1 amide bonds. The second-order valence-corrected chi connectivity index (χ2v) is 5.69. The van der Waals surface area contributed by atoms with Gasteiger partial charge >= 0.3 is 0 Å². The number of carbonyl (C=O) groups excluding carboxylic acids is 1. The summed E-state index contributed by atoms with van der Waals surface area (Å²) in [5, 5.41) is 22.3. The van der Waals surface area contributed by atoms with E-state index in [2.05, 4.69) is 10.6 Å². The molecule has 7 nitrogen and oxygen atoms in total. The highest BCUT2D eigenvalue weighted by Crippen LogP contribution is 2.28. The Morgan fingerprint density at radius 1 is 0.846 bits per heavy atom. The lowest BCUT2D eigenvalue weighted by Gasteiger charge is -2.14. The third kappa shape index (κ3) is 3.46. The van der Waals surface area contributed by atoms with Crippen LogP contribution in [0.4, 0.5) is 11.4 Å². The topological polar surface area (TPSA) is 141 Å². The number of amidine groups is 1. The third-order valence-corrected chi connectivity index (χ3v) is 3.88. The van der Waals surface area contributed by atoms with E-state index < -0.39 is 0 Å². The molecule has 0 aromatic heterocycles. The molecule has 26 heavy (non-hydrogen) atoms. The first-order valence-electron chi connectivity index (χ1n) is 7.84. The van der Waals surface area contributed by atoms with Crippen LogP contribution in [0, 0.1) is 10.8 Å². The standard InChI is InChI=1S/C19H18N6O/c20-17(21)15-10-7-11-3-1-2-4-14(11)16(15)25-18(26)12-5-8-13(9-6-12)24-19(22)23/h1-10H,(H3,20,21)(H,25,26)(H4,22,23,24). The Bertz CT molecular complexity index is 1010. The highest BCUT2D eigenvalue weighted by Gasteiger charge is 2.14. The first-order chi connectivity index (χ1) is 12.5. The van der Waals surface area contributed by atoms with Gasteiger partial charge in [-0.25, -0.2) is 0 Å². The predicted octanol–water partition coefficient (Wildman–Crippen LogP) is 2.68. The summed E-state index contributed by atoms with van der Waals surface area (Å²) < 4.78 is 0. The number of guanidine groups is 1. The number of hydrogen-bond donors (Lipinski definition) is 6. The van der Waals surface area contributed by atoms with Crippen molar-refractivity contribution in [2.45, 2.75) is 0 Å². The minimum atomic E-state index is -0.321. The van der Waals surface area contributed by atoms with Crippen molar-refractivity contribution in [2.24, 2.45) is 11.5 Å². The molecular weight excluding hydrogens is 328 g/mol. The Morgan fingerprint density at radius 2 is 1.54 bits per heavy atom. The zero-order valence-electron chi connectivity index (χ0n) is 13.8. The van der Waals surface area contributed by atoms with Crippen molar-refractivity contribution in [3.05, 3.63) is 71.8 Å². The van der Waals surface area contributed by atoms with Gasteiger partial charge in [-0.3, -0.25) is 15.6 Å². The number of nitrogens with one attached hydrogen (secondary N) is 4. The van der Waals surface area contributed by atoms with Gasteiger partial charge in [-0.1, -0.05) is 30.3 Å². The second-order valence-electron chi connectivity index (χ2n) is 5.69. The van der Waals surface area contributed by atoms with Gasteiger partial charge in [0.05, 0.1) is 5.69 Å². The van der Waals surface area contributed by atoms with E-state index in [-0.39, 0.29) is 17.7 Å². The van der Waals surface area contributed by atoms with E-state index in [9.17, 15) is 4.79 Å². The summed E-state index contributed by atoms with van der Waals surface area (Å²) in [6, 6.07) is 17.7. The number of nitrogens with two attached hydrogens (primary N) is 2. The van der Waals surface area contributed by atoms with Crippen LogP contribution in [0.15, 0.2) is 60.7 Å². The van der Waals surface area contributed by atoms with Crippen molar-refractivity contribution in [1.29, 1.82) is 10.8 Å². The molecule has 0 saturated carbocycles. The number of benzene rings is 3. The lowest BCUT2D eigenvalue weighted by molar-refractivity contribution is 0.102. The summed E-state index contributed by atoms with van der Waals surface area (Å²) in [5.41, 5.74) is 13.0. The maximum atomic E-state index is 12.7.